The molecule has 24 heteroatoms. The van der Waals surface area contributed by atoms with Crippen LogP contribution in [0.3, 0.4) is 0 Å². The number of nitrogens with zero attached hydrogens (tertiary/aromatic N) is 4. The molecule has 4 fully saturated rings. The predicted molar refractivity (Wildman–Crippen MR) is 281 cm³/mol. The fourth-order valence-corrected chi connectivity index (χ4v) is 8.21. The van der Waals surface area contributed by atoms with Crippen LogP contribution in [0.5, 0.6) is 0 Å². The van der Waals surface area contributed by atoms with Gasteiger partial charge in [0.05, 0.1) is 59.5 Å². The normalized spacial score (nSPS) is 21.3. The van der Waals surface area contributed by atoms with E-state index in [-0.39, 0.29) is 68.6 Å². The second kappa shape index (κ2) is 31.3. The van der Waals surface area contributed by atoms with Crippen LogP contribution < -0.4 is 33.2 Å². The van der Waals surface area contributed by atoms with E-state index in [1.807, 2.05) is 6.92 Å². The molecule has 4 aliphatic rings. The van der Waals surface area contributed by atoms with E-state index in [1.165, 1.54) is 36.9 Å². The smallest absolute Gasteiger partial charge is 0.408 e. The molecule has 2 saturated heterocycles. The molecule has 0 bridgehead atoms. The number of carbonyl (C=O) groups excluding carboxylic acids is 7. The van der Waals surface area contributed by atoms with Gasteiger partial charge in [0.1, 0.15) is 17.2 Å². The first kappa shape index (κ1) is 65.3. The molecule has 4 rings (SSSR count). The summed E-state index contributed by atoms with van der Waals surface area (Å²) in [5.74, 6) is -0.772. The van der Waals surface area contributed by atoms with Gasteiger partial charge in [-0.15, -0.1) is 0 Å². The van der Waals surface area contributed by atoms with Gasteiger partial charge in [-0.25, -0.2) is 19.2 Å². The number of hydrogen-bond acceptors (Lipinski definition) is 15. The number of aliphatic carboxylic acids is 1. The third kappa shape index (κ3) is 25.5. The van der Waals surface area contributed by atoms with E-state index in [0.717, 1.165) is 31.6 Å². The molecular weight excluding hydrogens is 980 g/mol. The lowest BCUT2D eigenvalue weighted by Gasteiger charge is -2.30. The van der Waals surface area contributed by atoms with Crippen molar-refractivity contribution in [3.8, 4) is 0 Å². The Kier molecular flexibility index (Phi) is 27.2. The predicted octanol–water partition coefficient (Wildman–Crippen LogP) is 3.97. The summed E-state index contributed by atoms with van der Waals surface area (Å²) in [4.78, 5) is 110. The zero-order chi connectivity index (χ0) is 58.2. The minimum atomic E-state index is -1.43. The summed E-state index contributed by atoms with van der Waals surface area (Å²) < 4.78 is 35.9. The van der Waals surface area contributed by atoms with Crippen LogP contribution in [-0.4, -0.2) is 169 Å². The number of likely N-dealkylation sites (tertiary alicyclic amines) is 2. The fourth-order valence-electron chi connectivity index (χ4n) is 8.21. The number of carbonyl (C=O) groups is 8. The molecule has 430 valence electrons. The van der Waals surface area contributed by atoms with E-state index in [9.17, 15) is 42.7 Å². The number of ether oxygens (including phenoxy) is 4. The molecular formula is C51H91FN10O13. The van der Waals surface area contributed by atoms with Crippen LogP contribution in [0.15, 0.2) is 9.98 Å². The quantitative estimate of drug-likeness (QED) is 0.0281. The molecule has 2 aliphatic heterocycles. The number of alkyl halides is 1. The number of esters is 2. The molecule has 10 N–H and O–H groups in total. The van der Waals surface area contributed by atoms with E-state index < -0.39 is 71.6 Å². The van der Waals surface area contributed by atoms with Crippen molar-refractivity contribution >= 4 is 59.5 Å². The van der Waals surface area contributed by atoms with E-state index in [4.69, 9.17) is 42.6 Å². The molecule has 2 unspecified atom stereocenters. The van der Waals surface area contributed by atoms with E-state index in [0.29, 0.717) is 56.4 Å². The molecule has 75 heavy (non-hydrogen) atoms. The van der Waals surface area contributed by atoms with Gasteiger partial charge in [0.15, 0.2) is 11.1 Å². The van der Waals surface area contributed by atoms with Crippen molar-refractivity contribution < 1.29 is 68.2 Å². The maximum absolute atomic E-state index is 13.5. The van der Waals surface area contributed by atoms with Crippen molar-refractivity contribution in [2.75, 3.05) is 60.6 Å². The Hall–Kier alpha value is -5.81. The van der Waals surface area contributed by atoms with Gasteiger partial charge in [0, 0.05) is 44.9 Å². The number of alkyl carbamates (subject to hydrolysis) is 2. The fraction of sp³-hybridized carbons (Fsp3) is 0.804. The minimum Gasteiger partial charge on any atom is -0.481 e. The number of nitrogens with one attached hydrogen (secondary N) is 3. The second-order valence-electron chi connectivity index (χ2n) is 21.9. The molecule has 5 amide bonds. The summed E-state index contributed by atoms with van der Waals surface area (Å²) in [5, 5.41) is 16.6. The van der Waals surface area contributed by atoms with Crippen LogP contribution >= 0.6 is 0 Å². The van der Waals surface area contributed by atoms with E-state index in [2.05, 4.69) is 25.9 Å². The lowest BCUT2D eigenvalue weighted by molar-refractivity contribution is -0.149. The Morgan fingerprint density at radius 3 is 1.47 bits per heavy atom. The number of amidine groups is 2. The molecule has 2 saturated carbocycles. The first-order valence-corrected chi connectivity index (χ1v) is 25.7. The van der Waals surface area contributed by atoms with Crippen LogP contribution in [0.25, 0.3) is 0 Å². The number of amides is 5. The van der Waals surface area contributed by atoms with E-state index in [1.54, 1.807) is 62.3 Å². The summed E-state index contributed by atoms with van der Waals surface area (Å²) in [7, 11) is 1.46. The zero-order valence-electron chi connectivity index (χ0n) is 47.6. The molecule has 2 aliphatic carbocycles. The number of carboxylic acids is 1. The Morgan fingerprint density at radius 2 is 1.11 bits per heavy atom. The van der Waals surface area contributed by atoms with Crippen molar-refractivity contribution in [2.24, 2.45) is 50.9 Å². The zero-order valence-corrected chi connectivity index (χ0v) is 46.6. The highest BCUT2D eigenvalue weighted by molar-refractivity contribution is 5.92. The van der Waals surface area contributed by atoms with Gasteiger partial charge in [-0.05, 0) is 106 Å². The molecule has 23 nitrogen and oxygen atoms in total. The molecule has 2 heterocycles. The Morgan fingerprint density at radius 1 is 0.720 bits per heavy atom. The van der Waals surface area contributed by atoms with Gasteiger partial charge in [-0.2, -0.15) is 0 Å². The topological polar surface area (TPSA) is 339 Å². The molecule has 0 aromatic carbocycles. The van der Waals surface area contributed by atoms with Crippen molar-refractivity contribution in [3.05, 3.63) is 0 Å². The molecule has 0 spiro atoms. The molecule has 0 radical (unpaired) electrons. The number of halogens is 1. The summed E-state index contributed by atoms with van der Waals surface area (Å²) >= 11 is 0. The molecule has 0 aromatic rings. The maximum atomic E-state index is 13.5. The Balaban J connectivity index is 0.000000635. The van der Waals surface area contributed by atoms with Gasteiger partial charge in [-0.1, -0.05) is 39.5 Å². The number of rotatable bonds is 21. The minimum absolute atomic E-state index is 0.0223. The van der Waals surface area contributed by atoms with Crippen LogP contribution in [0.2, 0.25) is 0 Å². The monoisotopic (exact) mass is 1070 g/mol. The SMILES string of the molecule is COC(=O)C1(NC(=O)OC(C)(C)C)CCN(C(=O)[C@@H](CCCN=C(C)N)NC(=O)[C@H](C)CC2CC2)C1.COC(=O)C1(NC(=O)OC(C)(C)C)CCN(C(=O)[C@H](N)CCCN=C(C)N)C1.C[C@H](CC1CC1)C(=O)O.[2H]CF. The third-order valence-corrected chi connectivity index (χ3v) is 12.4. The highest BCUT2D eigenvalue weighted by atomic mass is 19.1. The standard InChI is InChI=1S/C25H43N5O6.C18H33N5O5.C7H12O2.CH3F/c1-16(14-18-9-10-18)20(31)28-19(8-7-12-27-17(2)26)21(32)30-13-11-25(15-30,22(33)35-6)29-23(34)36-24(3,4)5;1-12(19)21-9-6-7-13(20)14(24)23-10-8-18(11-23,15(25)27-5)22-16(26)28-17(2,3)4;1-5(7(8)9)4-6-2-3-6;1-2/h16,18-19H,7-15H2,1-6H3,(H2,26,27)(H,28,31)(H,29,34);13H,6-11,20H2,1-5H3,(H2,19,21)(H,22,26);5-6H,2-4H2,1H3,(H,8,9);1H3/t16-,19-,25?;13-,18?;5-;/m111./s1/i;;;1D. The number of carboxylic acid groups (broad SMARTS) is 1. The van der Waals surface area contributed by atoms with Gasteiger partial charge < -0.3 is 67.0 Å². The van der Waals surface area contributed by atoms with Crippen LogP contribution in [0.1, 0.15) is 148 Å². The Bertz CT molecular complexity index is 1990. The van der Waals surface area contributed by atoms with Crippen LogP contribution in [-0.2, 0) is 47.7 Å². The van der Waals surface area contributed by atoms with Gasteiger partial charge in [0.2, 0.25) is 17.7 Å². The lowest BCUT2D eigenvalue weighted by Crippen LogP contribution is -2.58. The second-order valence-corrected chi connectivity index (χ2v) is 21.9. The average molecular weight is 1070 g/mol. The van der Waals surface area contributed by atoms with Crippen LogP contribution in [0.4, 0.5) is 14.0 Å². The summed E-state index contributed by atoms with van der Waals surface area (Å²) in [6.07, 6.45) is 7.33. The summed E-state index contributed by atoms with van der Waals surface area (Å²) in [6.45, 7) is 18.7. The largest absolute Gasteiger partial charge is 0.481 e. The lowest BCUT2D eigenvalue weighted by atomic mass is 9.99. The van der Waals surface area contributed by atoms with Crippen molar-refractivity contribution in [1.29, 1.82) is 0 Å². The maximum Gasteiger partial charge on any atom is 0.408 e. The highest BCUT2D eigenvalue weighted by Crippen LogP contribution is 2.36. The average Bonchev–Trinajstić information content (AvgIpc) is 4.24. The van der Waals surface area contributed by atoms with Crippen molar-refractivity contribution in [2.45, 2.75) is 181 Å². The first-order valence-electron chi connectivity index (χ1n) is 26.4. The van der Waals surface area contributed by atoms with E-state index >= 15 is 0 Å². The van der Waals surface area contributed by atoms with Crippen molar-refractivity contribution in [3.63, 3.8) is 0 Å². The Labute approximate surface area is 444 Å². The molecule has 0 aromatic heterocycles. The molecule has 6 atom stereocenters. The van der Waals surface area contributed by atoms with Gasteiger partial charge >= 0.3 is 30.1 Å². The third-order valence-electron chi connectivity index (χ3n) is 12.4. The highest BCUT2D eigenvalue weighted by Gasteiger charge is 2.51. The number of aliphatic imine (C=N–C) groups is 2. The van der Waals surface area contributed by atoms with Crippen molar-refractivity contribution in [1.82, 2.24) is 25.8 Å². The number of nitrogens with two attached hydrogens (primary N) is 3. The summed E-state index contributed by atoms with van der Waals surface area (Å²) in [5.41, 5.74) is 12.8. The van der Waals surface area contributed by atoms with Crippen LogP contribution in [0, 0.1) is 23.7 Å². The summed E-state index contributed by atoms with van der Waals surface area (Å²) in [6, 6.07) is -1.49. The number of methoxy groups -OCH3 is 2. The number of hydrogen-bond donors (Lipinski definition) is 7. The van der Waals surface area contributed by atoms with Gasteiger partial charge in [-0.3, -0.25) is 33.6 Å². The van der Waals surface area contributed by atoms with Gasteiger partial charge in [0.25, 0.3) is 0 Å². The first-order chi connectivity index (χ1) is 35.3.